The lowest BCUT2D eigenvalue weighted by molar-refractivity contribution is -0.143. The first-order valence-electron chi connectivity index (χ1n) is 7.78. The van der Waals surface area contributed by atoms with E-state index in [2.05, 4.69) is 5.10 Å². The van der Waals surface area contributed by atoms with E-state index in [1.807, 2.05) is 11.8 Å². The van der Waals surface area contributed by atoms with Crippen LogP contribution in [0.5, 0.6) is 0 Å². The summed E-state index contributed by atoms with van der Waals surface area (Å²) >= 11 is 1.21. The van der Waals surface area contributed by atoms with Crippen molar-refractivity contribution in [2.24, 2.45) is 7.05 Å². The molecule has 3 rings (SSSR count). The fourth-order valence-corrected chi connectivity index (χ4v) is 4.01. The van der Waals surface area contributed by atoms with Gasteiger partial charge in [0.15, 0.2) is 0 Å². The number of hydrogen-bond acceptors (Lipinski definition) is 3. The lowest BCUT2D eigenvalue weighted by Gasteiger charge is -2.26. The Bertz CT molecular complexity index is 757. The van der Waals surface area contributed by atoms with E-state index in [0.29, 0.717) is 9.75 Å². The largest absolute Gasteiger partial charge is 0.433 e. The molecular formula is C16H18F3N3OS. The van der Waals surface area contributed by atoms with Gasteiger partial charge in [-0.25, -0.2) is 0 Å². The van der Waals surface area contributed by atoms with Crippen LogP contribution in [0.3, 0.4) is 0 Å². The van der Waals surface area contributed by atoms with Crippen molar-refractivity contribution < 1.29 is 18.0 Å². The number of piperidine rings is 1. The molecule has 3 heterocycles. The zero-order valence-electron chi connectivity index (χ0n) is 13.5. The molecule has 1 aliphatic heterocycles. The fourth-order valence-electron chi connectivity index (χ4n) is 2.91. The molecule has 1 fully saturated rings. The number of halogens is 3. The first kappa shape index (κ1) is 17.0. The highest BCUT2D eigenvalue weighted by Crippen LogP contribution is 2.36. The van der Waals surface area contributed by atoms with Gasteiger partial charge in [0.05, 0.1) is 9.75 Å². The van der Waals surface area contributed by atoms with Crippen molar-refractivity contribution in [2.45, 2.75) is 32.4 Å². The summed E-state index contributed by atoms with van der Waals surface area (Å²) in [5.74, 6) is -0.0320. The molecule has 4 nitrogen and oxygen atoms in total. The highest BCUT2D eigenvalue weighted by atomic mass is 32.1. The van der Waals surface area contributed by atoms with Crippen molar-refractivity contribution in [1.29, 1.82) is 0 Å². The van der Waals surface area contributed by atoms with Crippen molar-refractivity contribution in [1.82, 2.24) is 14.7 Å². The summed E-state index contributed by atoms with van der Waals surface area (Å²) in [7, 11) is 1.27. The lowest BCUT2D eigenvalue weighted by Crippen LogP contribution is -2.35. The zero-order valence-corrected chi connectivity index (χ0v) is 14.3. The predicted molar refractivity (Wildman–Crippen MR) is 86.0 cm³/mol. The number of nitrogens with zero attached hydrogens (tertiary/aromatic N) is 3. The molecule has 0 spiro atoms. The summed E-state index contributed by atoms with van der Waals surface area (Å²) in [4.78, 5) is 15.6. The molecule has 1 saturated heterocycles. The Labute approximate surface area is 141 Å². The molecule has 130 valence electrons. The minimum Gasteiger partial charge on any atom is -0.338 e. The summed E-state index contributed by atoms with van der Waals surface area (Å²) < 4.78 is 39.6. The van der Waals surface area contributed by atoms with E-state index in [4.69, 9.17) is 0 Å². The second-order valence-electron chi connectivity index (χ2n) is 6.01. The van der Waals surface area contributed by atoms with Gasteiger partial charge in [0, 0.05) is 20.1 Å². The Morgan fingerprint density at radius 2 is 1.88 bits per heavy atom. The average molecular weight is 357 g/mol. The van der Waals surface area contributed by atoms with Gasteiger partial charge in [0.25, 0.3) is 5.91 Å². The summed E-state index contributed by atoms with van der Waals surface area (Å²) in [5, 5.41) is 3.96. The van der Waals surface area contributed by atoms with E-state index < -0.39 is 11.9 Å². The summed E-state index contributed by atoms with van der Waals surface area (Å²) in [6, 6.07) is 2.77. The van der Waals surface area contributed by atoms with E-state index in [-0.39, 0.29) is 11.6 Å². The first-order chi connectivity index (χ1) is 11.3. The van der Waals surface area contributed by atoms with Gasteiger partial charge in [0.1, 0.15) is 11.4 Å². The Balaban J connectivity index is 1.90. The number of rotatable bonds is 2. The molecule has 0 N–H and O–H groups in total. The lowest BCUT2D eigenvalue weighted by atomic mass is 10.1. The Kier molecular flexibility index (Phi) is 4.42. The van der Waals surface area contributed by atoms with Crippen LogP contribution in [0.25, 0.3) is 10.6 Å². The second kappa shape index (κ2) is 6.23. The number of aryl methyl sites for hydroxylation is 2. The van der Waals surface area contributed by atoms with Gasteiger partial charge < -0.3 is 4.90 Å². The second-order valence-corrected chi connectivity index (χ2v) is 7.06. The average Bonchev–Trinajstić information content (AvgIpc) is 3.10. The standard InChI is InChI=1S/C16H18F3N3OS/c1-10-8-12(11-9-13(16(17,18)19)21(2)20-11)24-14(10)15(23)22-6-4-3-5-7-22/h8-9H,3-7H2,1-2H3. The minimum atomic E-state index is -4.45. The van der Waals surface area contributed by atoms with E-state index in [1.165, 1.54) is 18.4 Å². The molecule has 2 aromatic rings. The van der Waals surface area contributed by atoms with Gasteiger partial charge >= 0.3 is 6.18 Å². The molecule has 0 atom stereocenters. The van der Waals surface area contributed by atoms with Gasteiger partial charge in [-0.3, -0.25) is 9.48 Å². The van der Waals surface area contributed by atoms with Crippen molar-refractivity contribution >= 4 is 17.2 Å². The molecule has 1 aliphatic rings. The maximum atomic E-state index is 12.9. The van der Waals surface area contributed by atoms with Crippen LogP contribution in [-0.4, -0.2) is 33.7 Å². The van der Waals surface area contributed by atoms with Crippen molar-refractivity contribution in [2.75, 3.05) is 13.1 Å². The molecule has 2 aromatic heterocycles. The SMILES string of the molecule is Cc1cc(-c2cc(C(F)(F)F)n(C)n2)sc1C(=O)N1CCCCC1. The van der Waals surface area contributed by atoms with Crippen molar-refractivity contribution in [3.8, 4) is 10.6 Å². The maximum absolute atomic E-state index is 12.9. The summed E-state index contributed by atoms with van der Waals surface area (Å²) in [6.07, 6.45) is -1.32. The monoisotopic (exact) mass is 357 g/mol. The fraction of sp³-hybridized carbons (Fsp3) is 0.500. The molecule has 0 aromatic carbocycles. The van der Waals surface area contributed by atoms with Crippen LogP contribution >= 0.6 is 11.3 Å². The predicted octanol–water partition coefficient (Wildman–Crippen LogP) is 4.10. The van der Waals surface area contributed by atoms with Crippen LogP contribution in [0, 0.1) is 6.92 Å². The molecule has 1 amide bonds. The summed E-state index contributed by atoms with van der Waals surface area (Å²) in [6.45, 7) is 3.30. The van der Waals surface area contributed by atoms with Gasteiger partial charge in [0.2, 0.25) is 0 Å². The van der Waals surface area contributed by atoms with E-state index in [1.54, 1.807) is 6.07 Å². The van der Waals surface area contributed by atoms with Crippen molar-refractivity contribution in [3.63, 3.8) is 0 Å². The number of carbonyl (C=O) groups excluding carboxylic acids is 1. The number of amides is 1. The highest BCUT2D eigenvalue weighted by molar-refractivity contribution is 7.17. The molecule has 0 radical (unpaired) electrons. The minimum absolute atomic E-state index is 0.0320. The van der Waals surface area contributed by atoms with Crippen LogP contribution in [-0.2, 0) is 13.2 Å². The highest BCUT2D eigenvalue weighted by Gasteiger charge is 2.35. The molecule has 0 aliphatic carbocycles. The number of carbonyl (C=O) groups is 1. The van der Waals surface area contributed by atoms with E-state index in [9.17, 15) is 18.0 Å². The molecule has 8 heteroatoms. The van der Waals surface area contributed by atoms with Crippen molar-refractivity contribution in [3.05, 3.63) is 28.3 Å². The Morgan fingerprint density at radius 3 is 2.46 bits per heavy atom. The van der Waals surface area contributed by atoms with Crippen LogP contribution in [0.1, 0.15) is 40.2 Å². The molecule has 0 saturated carbocycles. The van der Waals surface area contributed by atoms with Crippen LogP contribution in [0.2, 0.25) is 0 Å². The molecule has 24 heavy (non-hydrogen) atoms. The third-order valence-electron chi connectivity index (χ3n) is 4.18. The summed E-state index contributed by atoms with van der Waals surface area (Å²) in [5.41, 5.74) is 0.230. The van der Waals surface area contributed by atoms with E-state index >= 15 is 0 Å². The molecule has 0 unspecified atom stereocenters. The van der Waals surface area contributed by atoms with Crippen LogP contribution in [0.15, 0.2) is 12.1 Å². The molecular weight excluding hydrogens is 339 g/mol. The Morgan fingerprint density at radius 1 is 1.21 bits per heavy atom. The first-order valence-corrected chi connectivity index (χ1v) is 8.60. The zero-order chi connectivity index (χ0) is 17.5. The van der Waals surface area contributed by atoms with Gasteiger partial charge in [-0.2, -0.15) is 18.3 Å². The third-order valence-corrected chi connectivity index (χ3v) is 5.43. The smallest absolute Gasteiger partial charge is 0.338 e. The topological polar surface area (TPSA) is 38.1 Å². The van der Waals surface area contributed by atoms with Gasteiger partial charge in [-0.15, -0.1) is 11.3 Å². The normalized spacial score (nSPS) is 15.8. The number of alkyl halides is 3. The number of thiophene rings is 1. The third kappa shape index (κ3) is 3.19. The maximum Gasteiger partial charge on any atom is 0.433 e. The van der Waals surface area contributed by atoms with Gasteiger partial charge in [-0.1, -0.05) is 0 Å². The molecule has 0 bridgehead atoms. The number of hydrogen-bond donors (Lipinski definition) is 0. The van der Waals surface area contributed by atoms with Gasteiger partial charge in [-0.05, 0) is 43.9 Å². The van der Waals surface area contributed by atoms with Crippen LogP contribution in [0.4, 0.5) is 13.2 Å². The Hall–Kier alpha value is -1.83. The number of aromatic nitrogens is 2. The van der Waals surface area contributed by atoms with Crippen LogP contribution < -0.4 is 0 Å². The van der Waals surface area contributed by atoms with E-state index in [0.717, 1.165) is 48.7 Å². The number of likely N-dealkylation sites (tertiary alicyclic amines) is 1. The quantitative estimate of drug-likeness (QED) is 0.811.